The van der Waals surface area contributed by atoms with Crippen LogP contribution in [0.5, 0.6) is 0 Å². The smallest absolute Gasteiger partial charge is 0.200 e. The summed E-state index contributed by atoms with van der Waals surface area (Å²) in [4.78, 5) is 1.69. The molecular weight excluding hydrogens is 1520 g/mol. The largest absolute Gasteiger partial charge is 0.307 e. The molecule has 0 spiro atoms. The Balaban J connectivity index is 1.08. The van der Waals surface area contributed by atoms with Crippen LogP contribution in [0.3, 0.4) is 0 Å². The first-order chi connectivity index (χ1) is 57.4. The molecule has 0 saturated heterocycles. The van der Waals surface area contributed by atoms with E-state index in [1.54, 1.807) is 4.90 Å². The van der Waals surface area contributed by atoms with Gasteiger partial charge in [0.2, 0.25) is 17.5 Å². The van der Waals surface area contributed by atoms with Gasteiger partial charge in [-0.05, 0) is 201 Å². The number of fused-ring (bicyclic) bond motifs is 21. The zero-order valence-electron chi connectivity index (χ0n) is 60.4. The van der Waals surface area contributed by atoms with Crippen LogP contribution in [0, 0.1) is 87.3 Å². The average molecular weight is 1570 g/mol. The number of hydrogen-bond acceptors (Lipinski definition) is 1. The Labute approximate surface area is 655 Å². The van der Waals surface area contributed by atoms with Crippen molar-refractivity contribution in [1.29, 1.82) is 0 Å². The van der Waals surface area contributed by atoms with Crippen molar-refractivity contribution >= 4 is 131 Å². The third-order valence-electron chi connectivity index (χ3n) is 24.8. The molecule has 0 N–H and O–H groups in total. The van der Waals surface area contributed by atoms with Gasteiger partial charge in [0.15, 0.2) is 69.8 Å². The van der Waals surface area contributed by atoms with E-state index in [0.29, 0.717) is 116 Å². The van der Waals surface area contributed by atoms with Crippen LogP contribution in [0.15, 0.2) is 255 Å². The second kappa shape index (κ2) is 23.8. The Morgan fingerprint density at radius 1 is 0.153 bits per heavy atom. The maximum Gasteiger partial charge on any atom is 0.200 e. The predicted molar refractivity (Wildman–Crippen MR) is 434 cm³/mol. The minimum absolute atomic E-state index is 0.0257. The topological polar surface area (TPSA) is 3.24 Å². The van der Waals surface area contributed by atoms with Gasteiger partial charge >= 0.3 is 0 Å². The molecule has 560 valence electrons. The highest BCUT2D eigenvalue weighted by Crippen LogP contribution is 2.60. The zero-order chi connectivity index (χ0) is 79.9. The van der Waals surface area contributed by atoms with E-state index in [0.717, 1.165) is 32.3 Å². The van der Waals surface area contributed by atoms with Crippen LogP contribution >= 0.6 is 0 Å². The van der Waals surface area contributed by atoms with E-state index >= 15 is 65.9 Å². The lowest BCUT2D eigenvalue weighted by atomic mass is 9.81. The normalized spacial score (nSPS) is 13.1. The first kappa shape index (κ1) is 67.9. The molecule has 18 aromatic carbocycles. The molecule has 0 bridgehead atoms. The SMILES string of the molecule is Fc1c(F)c(F)c(-c2cc3c4c(c2)c(=C2c5ccc6ccccc6c5-c5c2ccc2ccccc52)c2cc(-c5c(F)c(F)c(F)c(F)c5F)cc5c2N4c2c(cc(-c4c(F)c(F)c(F)c(F)c4F)cc2c5=C2c4ccc5ccccc5c4-c4c2ccc2ccccc42)c3=C2c3ccc4ccccc4c3-c3c2ccc2ccccc32)c(F)c1F. The van der Waals surface area contributed by atoms with Crippen LogP contribution in [0.25, 0.3) is 180 Å². The molecule has 0 amide bonds. The van der Waals surface area contributed by atoms with Gasteiger partial charge in [-0.15, -0.1) is 0 Å². The van der Waals surface area contributed by atoms with Crippen molar-refractivity contribution in [3.63, 3.8) is 0 Å². The van der Waals surface area contributed by atoms with Crippen LogP contribution in [0.1, 0.15) is 33.4 Å². The number of hydrogen-bond donors (Lipinski definition) is 0. The monoisotopic (exact) mass is 1570 g/mol. The first-order valence-electron chi connectivity index (χ1n) is 37.6. The fourth-order valence-electron chi connectivity index (χ4n) is 20.1. The summed E-state index contributed by atoms with van der Waals surface area (Å²) in [6, 6.07) is 74.7. The Morgan fingerprint density at radius 2 is 0.314 bits per heavy atom. The van der Waals surface area contributed by atoms with Gasteiger partial charge in [-0.3, -0.25) is 0 Å². The van der Waals surface area contributed by atoms with Gasteiger partial charge in [0.25, 0.3) is 0 Å². The highest BCUT2D eigenvalue weighted by molar-refractivity contribution is 6.30. The summed E-state index contributed by atoms with van der Waals surface area (Å²) < 4.78 is 255. The van der Waals surface area contributed by atoms with E-state index in [9.17, 15) is 0 Å². The highest BCUT2D eigenvalue weighted by atomic mass is 19.2. The quantitative estimate of drug-likeness (QED) is 0.0968. The van der Waals surface area contributed by atoms with Crippen molar-refractivity contribution < 1.29 is 65.9 Å². The molecule has 0 saturated carbocycles. The maximum absolute atomic E-state index is 17.9. The van der Waals surface area contributed by atoms with E-state index in [-0.39, 0.29) is 65.0 Å². The van der Waals surface area contributed by atoms with Crippen LogP contribution < -0.4 is 20.6 Å². The van der Waals surface area contributed by atoms with E-state index in [2.05, 4.69) is 0 Å². The minimum Gasteiger partial charge on any atom is -0.307 e. The summed E-state index contributed by atoms with van der Waals surface area (Å²) in [5.74, 6) is -35.3. The number of rotatable bonds is 3. The molecule has 18 aromatic rings. The highest BCUT2D eigenvalue weighted by Gasteiger charge is 2.43. The number of benzene rings is 18. The predicted octanol–water partition coefficient (Wildman–Crippen LogP) is 26.8. The lowest BCUT2D eigenvalue weighted by Crippen LogP contribution is -2.32. The van der Waals surface area contributed by atoms with E-state index in [1.165, 1.54) is 36.4 Å². The van der Waals surface area contributed by atoms with Gasteiger partial charge in [0.1, 0.15) is 0 Å². The molecule has 0 aromatic heterocycles. The maximum atomic E-state index is 17.9. The number of nitrogens with zero attached hydrogens (tertiary/aromatic N) is 1. The molecule has 1 nitrogen and oxygen atoms in total. The molecule has 16 heteroatoms. The fraction of sp³-hybridized carbons (Fsp3) is 0. The number of halogens is 15. The van der Waals surface area contributed by atoms with Crippen LogP contribution in [-0.2, 0) is 0 Å². The lowest BCUT2D eigenvalue weighted by molar-refractivity contribution is 0.381. The first-order valence-corrected chi connectivity index (χ1v) is 37.6. The second-order valence-corrected chi connectivity index (χ2v) is 30.4. The molecule has 3 heterocycles. The molecule has 0 atom stereocenters. The van der Waals surface area contributed by atoms with Crippen LogP contribution in [0.2, 0.25) is 0 Å². The molecule has 6 aliphatic rings. The van der Waals surface area contributed by atoms with Gasteiger partial charge in [-0.2, -0.15) is 0 Å². The van der Waals surface area contributed by atoms with Crippen molar-refractivity contribution in [2.45, 2.75) is 0 Å². The van der Waals surface area contributed by atoms with Crippen molar-refractivity contribution in [2.75, 3.05) is 4.90 Å². The molecule has 0 radical (unpaired) electrons. The van der Waals surface area contributed by atoms with Gasteiger partial charge in [-0.25, -0.2) is 65.9 Å². The molecular formula is C102H42F15N. The summed E-state index contributed by atoms with van der Waals surface area (Å²) in [5.41, 5.74) is 1.29. The third-order valence-corrected chi connectivity index (χ3v) is 24.8. The summed E-state index contributed by atoms with van der Waals surface area (Å²) in [6.07, 6.45) is 0. The van der Waals surface area contributed by atoms with E-state index < -0.39 is 121 Å². The molecule has 24 rings (SSSR count). The molecule has 3 aliphatic heterocycles. The fourth-order valence-corrected chi connectivity index (χ4v) is 20.1. The molecule has 0 unspecified atom stereocenters. The van der Waals surface area contributed by atoms with Crippen LogP contribution in [0.4, 0.5) is 82.9 Å². The van der Waals surface area contributed by atoms with E-state index in [1.807, 2.05) is 218 Å². The third kappa shape index (κ3) is 8.59. The van der Waals surface area contributed by atoms with Gasteiger partial charge in [0, 0.05) is 48.0 Å². The summed E-state index contributed by atoms with van der Waals surface area (Å²) in [5, 5.41) is 8.29. The Bertz CT molecular complexity index is 7230. The standard InChI is InChI=1S/C102H42F15N/c103-85-70(86(104)92(110)97(115)91(85)109)49-37-64-82(79-58-31-25-43-13-1-7-19-52(43)73(58)74-53-20-8-2-14-44(53)26-32-59(74)79)65-38-50(71-87(105)93(111)98(116)94(112)88(71)106)40-67-84(81-62-35-29-47-17-5-11-23-56(47)77(62)78-57-24-12-6-18-48(57)30-36-63(78)81)69-42-51(72-89(107)95(113)99(117)96(114)90(72)108)41-68-83(66(39-49)100(64)118(101(65)67)102(68)69)80-60-33-27-45-15-3-9-21-54(45)75(60)76-55-22-10-4-16-46(55)28-34-61(76)80/h1-42H. The van der Waals surface area contributed by atoms with Crippen molar-refractivity contribution in [1.82, 2.24) is 0 Å². The van der Waals surface area contributed by atoms with Gasteiger partial charge in [0.05, 0.1) is 33.8 Å². The molecule has 3 aliphatic carbocycles. The van der Waals surface area contributed by atoms with Crippen molar-refractivity contribution in [3.8, 4) is 66.8 Å². The minimum atomic E-state index is -2.50. The Kier molecular flexibility index (Phi) is 13.7. The lowest BCUT2D eigenvalue weighted by Gasteiger charge is -2.39. The molecule has 118 heavy (non-hydrogen) atoms. The van der Waals surface area contributed by atoms with Gasteiger partial charge < -0.3 is 4.90 Å². The summed E-state index contributed by atoms with van der Waals surface area (Å²) in [6.45, 7) is 0. The van der Waals surface area contributed by atoms with Crippen LogP contribution in [-0.4, -0.2) is 0 Å². The van der Waals surface area contributed by atoms with Crippen molar-refractivity contribution in [2.24, 2.45) is 0 Å². The Hall–Kier alpha value is -14.5. The Morgan fingerprint density at radius 3 is 0.492 bits per heavy atom. The average Bonchev–Trinajstić information content (AvgIpc) is 1.12. The number of anilines is 3. The zero-order valence-corrected chi connectivity index (χ0v) is 60.4. The summed E-state index contributed by atoms with van der Waals surface area (Å²) in [7, 11) is 0. The van der Waals surface area contributed by atoms with Gasteiger partial charge in [-0.1, -0.05) is 218 Å². The summed E-state index contributed by atoms with van der Waals surface area (Å²) >= 11 is 0. The second-order valence-electron chi connectivity index (χ2n) is 30.4. The van der Waals surface area contributed by atoms with Crippen molar-refractivity contribution in [3.05, 3.63) is 391 Å². The van der Waals surface area contributed by atoms with E-state index in [4.69, 9.17) is 0 Å². The molecule has 0 fully saturated rings.